The topological polar surface area (TPSA) is 59.0 Å². The summed E-state index contributed by atoms with van der Waals surface area (Å²) in [6.45, 7) is 1.32. The first-order chi connectivity index (χ1) is 14.5. The largest absolute Gasteiger partial charge is 0.493 e. The molecule has 4 atom stereocenters. The molecule has 4 rings (SSSR count). The number of benzene rings is 2. The molecule has 1 N–H and O–H groups in total. The van der Waals surface area contributed by atoms with Gasteiger partial charge in [0.2, 0.25) is 5.91 Å². The van der Waals surface area contributed by atoms with Crippen molar-refractivity contribution in [2.75, 3.05) is 20.2 Å². The summed E-state index contributed by atoms with van der Waals surface area (Å²) in [5.74, 6) is 1.62. The number of likely N-dealkylation sites (tertiary alicyclic amines) is 1. The van der Waals surface area contributed by atoms with Crippen molar-refractivity contribution < 1.29 is 23.8 Å². The van der Waals surface area contributed by atoms with Crippen LogP contribution in [0.1, 0.15) is 24.8 Å². The lowest BCUT2D eigenvalue weighted by Crippen LogP contribution is -2.42. The minimum atomic E-state index is -0.579. The van der Waals surface area contributed by atoms with Crippen molar-refractivity contribution >= 4 is 5.91 Å². The lowest BCUT2D eigenvalue weighted by Gasteiger charge is -2.35. The summed E-state index contributed by atoms with van der Waals surface area (Å²) < 4.78 is 25.2. The molecule has 6 heteroatoms. The Bertz CT molecular complexity index is 889. The highest BCUT2D eigenvalue weighted by atomic mass is 19.1. The molecule has 30 heavy (non-hydrogen) atoms. The fourth-order valence-corrected chi connectivity index (χ4v) is 4.70. The van der Waals surface area contributed by atoms with E-state index >= 15 is 0 Å². The molecule has 5 nitrogen and oxygen atoms in total. The van der Waals surface area contributed by atoms with Crippen molar-refractivity contribution in [1.82, 2.24) is 4.90 Å². The predicted octanol–water partition coefficient (Wildman–Crippen LogP) is 3.44. The molecule has 0 spiro atoms. The van der Waals surface area contributed by atoms with Crippen molar-refractivity contribution in [1.29, 1.82) is 0 Å². The Morgan fingerprint density at radius 2 is 1.73 bits per heavy atom. The van der Waals surface area contributed by atoms with Crippen molar-refractivity contribution in [2.24, 2.45) is 11.8 Å². The van der Waals surface area contributed by atoms with Gasteiger partial charge in [-0.15, -0.1) is 0 Å². The molecule has 0 radical (unpaired) electrons. The van der Waals surface area contributed by atoms with Crippen molar-refractivity contribution in [3.63, 3.8) is 0 Å². The highest BCUT2D eigenvalue weighted by molar-refractivity contribution is 5.76. The number of aryl methyl sites for hydroxylation is 1. The van der Waals surface area contributed by atoms with Crippen LogP contribution in [0.3, 0.4) is 0 Å². The Labute approximate surface area is 176 Å². The van der Waals surface area contributed by atoms with Gasteiger partial charge in [0.05, 0.1) is 13.2 Å². The molecular weight excluding hydrogens is 385 g/mol. The van der Waals surface area contributed by atoms with Crippen LogP contribution in [0.5, 0.6) is 11.5 Å². The normalized spacial score (nSPS) is 25.6. The summed E-state index contributed by atoms with van der Waals surface area (Å²) >= 11 is 0. The highest BCUT2D eigenvalue weighted by Gasteiger charge is 2.43. The van der Waals surface area contributed by atoms with Crippen LogP contribution in [0.2, 0.25) is 0 Å². The van der Waals surface area contributed by atoms with Crippen molar-refractivity contribution in [3.05, 3.63) is 59.9 Å². The van der Waals surface area contributed by atoms with Gasteiger partial charge in [0.25, 0.3) is 0 Å². The van der Waals surface area contributed by atoms with E-state index in [2.05, 4.69) is 0 Å². The van der Waals surface area contributed by atoms with E-state index in [1.807, 2.05) is 29.2 Å². The molecule has 0 bridgehead atoms. The number of halogens is 1. The summed E-state index contributed by atoms with van der Waals surface area (Å²) in [5.41, 5.74) is 0.572. The molecule has 1 aliphatic heterocycles. The minimum absolute atomic E-state index is 0.0457. The molecule has 0 unspecified atom stereocenters. The van der Waals surface area contributed by atoms with E-state index in [0.29, 0.717) is 61.8 Å². The molecule has 2 aromatic carbocycles. The van der Waals surface area contributed by atoms with E-state index in [0.717, 1.165) is 0 Å². The van der Waals surface area contributed by atoms with Gasteiger partial charge >= 0.3 is 0 Å². The Kier molecular flexibility index (Phi) is 6.23. The summed E-state index contributed by atoms with van der Waals surface area (Å²) in [7, 11) is 1.59. The van der Waals surface area contributed by atoms with Gasteiger partial charge in [0.15, 0.2) is 11.5 Å². The van der Waals surface area contributed by atoms with Crippen LogP contribution < -0.4 is 9.47 Å². The summed E-state index contributed by atoms with van der Waals surface area (Å²) in [4.78, 5) is 14.6. The first kappa shape index (κ1) is 20.7. The van der Waals surface area contributed by atoms with Gasteiger partial charge < -0.3 is 19.5 Å². The number of rotatable bonds is 6. The van der Waals surface area contributed by atoms with Gasteiger partial charge in [0, 0.05) is 19.5 Å². The fourth-order valence-electron chi connectivity index (χ4n) is 4.70. The highest BCUT2D eigenvalue weighted by Crippen LogP contribution is 2.39. The Morgan fingerprint density at radius 1 is 1.07 bits per heavy atom. The number of carbonyl (C=O) groups excluding carboxylic acids is 1. The standard InChI is InChI=1S/C24H28FNO4/c1-29-21-8-4-5-9-22(21)30-23-13-18-15-26(14-17(18)12-20(23)27)24(28)11-10-16-6-2-3-7-19(16)25/h2-9,17-18,20,23,27H,10-15H2,1H3/t17-,18+,20+,23+/m0/s1. The van der Waals surface area contributed by atoms with E-state index < -0.39 is 6.10 Å². The first-order valence-electron chi connectivity index (χ1n) is 10.5. The number of para-hydroxylation sites is 2. The molecule has 1 heterocycles. The fraction of sp³-hybridized carbons (Fsp3) is 0.458. The minimum Gasteiger partial charge on any atom is -0.493 e. The quantitative estimate of drug-likeness (QED) is 0.788. The molecule has 1 saturated carbocycles. The number of ether oxygens (including phenoxy) is 2. The van der Waals surface area contributed by atoms with Crippen LogP contribution in [0.4, 0.5) is 4.39 Å². The Morgan fingerprint density at radius 3 is 2.47 bits per heavy atom. The summed E-state index contributed by atoms with van der Waals surface area (Å²) in [5, 5.41) is 10.6. The van der Waals surface area contributed by atoms with Crippen LogP contribution in [0.25, 0.3) is 0 Å². The summed E-state index contributed by atoms with van der Waals surface area (Å²) in [6, 6.07) is 14.0. The lowest BCUT2D eigenvalue weighted by molar-refractivity contribution is -0.130. The molecule has 0 aromatic heterocycles. The number of carbonyl (C=O) groups is 1. The zero-order chi connectivity index (χ0) is 21.1. The molecule has 160 valence electrons. The van der Waals surface area contributed by atoms with E-state index in [4.69, 9.17) is 9.47 Å². The third-order valence-electron chi connectivity index (χ3n) is 6.35. The van der Waals surface area contributed by atoms with Crippen LogP contribution >= 0.6 is 0 Å². The number of methoxy groups -OCH3 is 1. The maximum Gasteiger partial charge on any atom is 0.222 e. The zero-order valence-electron chi connectivity index (χ0n) is 17.2. The smallest absolute Gasteiger partial charge is 0.222 e. The Hall–Kier alpha value is -2.60. The molecule has 2 fully saturated rings. The van der Waals surface area contributed by atoms with Gasteiger partial charge in [0.1, 0.15) is 11.9 Å². The van der Waals surface area contributed by atoms with Crippen LogP contribution in [-0.2, 0) is 11.2 Å². The molecule has 1 aliphatic carbocycles. The number of fused-ring (bicyclic) bond motifs is 1. The summed E-state index contributed by atoms with van der Waals surface area (Å²) in [6.07, 6.45) is 1.10. The molecule has 2 aliphatic rings. The van der Waals surface area contributed by atoms with Crippen LogP contribution in [0, 0.1) is 17.7 Å². The Balaban J connectivity index is 1.34. The van der Waals surface area contributed by atoms with E-state index in [9.17, 15) is 14.3 Å². The van der Waals surface area contributed by atoms with E-state index in [-0.39, 0.29) is 23.7 Å². The third-order valence-corrected chi connectivity index (χ3v) is 6.35. The van der Waals surface area contributed by atoms with Gasteiger partial charge in [-0.1, -0.05) is 30.3 Å². The number of hydrogen-bond acceptors (Lipinski definition) is 4. The zero-order valence-corrected chi connectivity index (χ0v) is 17.2. The average Bonchev–Trinajstić information content (AvgIpc) is 3.16. The predicted molar refractivity (Wildman–Crippen MR) is 111 cm³/mol. The average molecular weight is 413 g/mol. The van der Waals surface area contributed by atoms with Gasteiger partial charge in [-0.3, -0.25) is 4.79 Å². The number of nitrogens with zero attached hydrogens (tertiary/aromatic N) is 1. The molecule has 1 amide bonds. The van der Waals surface area contributed by atoms with Crippen LogP contribution in [-0.4, -0.2) is 48.3 Å². The molecular formula is C24H28FNO4. The second-order valence-electron chi connectivity index (χ2n) is 8.26. The lowest BCUT2D eigenvalue weighted by atomic mass is 9.78. The number of aliphatic hydroxyl groups is 1. The van der Waals surface area contributed by atoms with Gasteiger partial charge in [-0.25, -0.2) is 4.39 Å². The SMILES string of the molecule is COc1ccccc1O[C@@H]1C[C@@H]2CN(C(=O)CCc3ccccc3F)C[C@@H]2C[C@H]1O. The van der Waals surface area contributed by atoms with Crippen LogP contribution in [0.15, 0.2) is 48.5 Å². The number of hydrogen-bond donors (Lipinski definition) is 1. The van der Waals surface area contributed by atoms with Crippen molar-refractivity contribution in [2.45, 2.75) is 37.9 Å². The first-order valence-corrected chi connectivity index (χ1v) is 10.5. The number of amides is 1. The van der Waals surface area contributed by atoms with Crippen molar-refractivity contribution in [3.8, 4) is 11.5 Å². The maximum absolute atomic E-state index is 13.8. The maximum atomic E-state index is 13.8. The third kappa shape index (κ3) is 4.43. The van der Waals surface area contributed by atoms with Gasteiger partial charge in [-0.2, -0.15) is 0 Å². The second kappa shape index (κ2) is 9.04. The number of aliphatic hydroxyl groups excluding tert-OH is 1. The van der Waals surface area contributed by atoms with E-state index in [1.165, 1.54) is 6.07 Å². The van der Waals surface area contributed by atoms with Gasteiger partial charge in [-0.05, 0) is 54.9 Å². The van der Waals surface area contributed by atoms with E-state index in [1.54, 1.807) is 25.3 Å². The monoisotopic (exact) mass is 413 g/mol. The molecule has 1 saturated heterocycles. The second-order valence-corrected chi connectivity index (χ2v) is 8.26. The molecule has 2 aromatic rings.